The molecule has 66 valence electrons. The molecule has 0 fully saturated rings. The molecule has 0 bridgehead atoms. The molecule has 12 heavy (non-hydrogen) atoms. The van der Waals surface area contributed by atoms with Gasteiger partial charge in [-0.05, 0) is 0 Å². The van der Waals surface area contributed by atoms with Gasteiger partial charge in [-0.25, -0.2) is 0 Å². The molecule has 0 aliphatic rings. The minimum atomic E-state index is -1.17. The van der Waals surface area contributed by atoms with Crippen molar-refractivity contribution in [2.75, 3.05) is 14.1 Å². The highest BCUT2D eigenvalue weighted by Gasteiger charge is 2.16. The third kappa shape index (κ3) is 3.61. The van der Waals surface area contributed by atoms with E-state index >= 15 is 0 Å². The Bertz CT molecular complexity index is 240. The Morgan fingerprint density at radius 1 is 1.58 bits per heavy atom. The van der Waals surface area contributed by atoms with Gasteiger partial charge in [-0.15, -0.1) is 0 Å². The molecule has 0 radical (unpaired) electrons. The lowest BCUT2D eigenvalue weighted by Gasteiger charge is -2.05. The van der Waals surface area contributed by atoms with Crippen LogP contribution in [0, 0.1) is 11.3 Å². The highest BCUT2D eigenvalue weighted by atomic mass is 35.5. The first-order chi connectivity index (χ1) is 5.49. The third-order valence-corrected chi connectivity index (χ3v) is 1.37. The van der Waals surface area contributed by atoms with Gasteiger partial charge in [0, 0.05) is 20.3 Å². The van der Waals surface area contributed by atoms with Crippen molar-refractivity contribution in [3.63, 3.8) is 0 Å². The zero-order valence-electron chi connectivity index (χ0n) is 6.71. The summed E-state index contributed by atoms with van der Waals surface area (Å²) in [6.45, 7) is 0. The topological polar surface area (TPSA) is 44.1 Å². The fraction of sp³-hybridized carbons (Fsp3) is 0.429. The van der Waals surface area contributed by atoms with Gasteiger partial charge in [-0.3, -0.25) is 4.79 Å². The van der Waals surface area contributed by atoms with Crippen LogP contribution in [0.25, 0.3) is 0 Å². The van der Waals surface area contributed by atoms with Crippen molar-refractivity contribution in [2.45, 2.75) is 4.84 Å². The number of carbonyl (C=O) groups excluding carboxylic acids is 1. The number of nitrogens with zero attached hydrogens (tertiary/aromatic N) is 2. The highest BCUT2D eigenvalue weighted by Crippen LogP contribution is 2.09. The summed E-state index contributed by atoms with van der Waals surface area (Å²) >= 11 is 10.6. The Morgan fingerprint density at radius 2 is 2.08 bits per heavy atom. The molecule has 0 aliphatic carbocycles. The van der Waals surface area contributed by atoms with E-state index in [2.05, 4.69) is 0 Å². The van der Waals surface area contributed by atoms with Crippen LogP contribution < -0.4 is 0 Å². The number of Topliss-reactive ketones (excluding diaryl/α,β-unsaturated/α-hetero) is 1. The highest BCUT2D eigenvalue weighted by molar-refractivity contribution is 6.55. The van der Waals surface area contributed by atoms with Crippen molar-refractivity contribution in [2.24, 2.45) is 0 Å². The lowest BCUT2D eigenvalue weighted by atomic mass is 10.2. The number of ketones is 1. The number of alkyl halides is 2. The standard InChI is InChI=1S/C7H8Cl2N2O/c1-11(2)4-5(3-10)6(12)7(8)9/h4,7H,1-2H3. The average Bonchev–Trinajstić information content (AvgIpc) is 1.98. The van der Waals surface area contributed by atoms with E-state index in [9.17, 15) is 4.79 Å². The summed E-state index contributed by atoms with van der Waals surface area (Å²) < 4.78 is 0. The number of hydrogen-bond acceptors (Lipinski definition) is 3. The summed E-state index contributed by atoms with van der Waals surface area (Å²) in [6, 6.07) is 1.72. The van der Waals surface area contributed by atoms with Gasteiger partial charge in [0.1, 0.15) is 11.6 Å². The molecule has 0 N–H and O–H groups in total. The summed E-state index contributed by atoms with van der Waals surface area (Å²) in [5, 5.41) is 8.51. The fourth-order valence-corrected chi connectivity index (χ4v) is 0.758. The second-order valence-corrected chi connectivity index (χ2v) is 3.38. The molecular weight excluding hydrogens is 199 g/mol. The van der Waals surface area contributed by atoms with Gasteiger partial charge in [-0.1, -0.05) is 23.2 Å². The van der Waals surface area contributed by atoms with E-state index in [0.717, 1.165) is 0 Å². The maximum Gasteiger partial charge on any atom is 0.207 e. The largest absolute Gasteiger partial charge is 0.382 e. The van der Waals surface area contributed by atoms with Crippen LogP contribution in [-0.2, 0) is 4.79 Å². The maximum atomic E-state index is 11.0. The summed E-state index contributed by atoms with van der Waals surface area (Å²) in [5.74, 6) is -0.575. The minimum Gasteiger partial charge on any atom is -0.382 e. The number of allylic oxidation sites excluding steroid dienone is 1. The number of nitriles is 1. The normalized spacial score (nSPS) is 11.2. The zero-order valence-corrected chi connectivity index (χ0v) is 8.23. The van der Waals surface area contributed by atoms with Crippen LogP contribution >= 0.6 is 23.2 Å². The number of halogens is 2. The van der Waals surface area contributed by atoms with Crippen LogP contribution in [0.1, 0.15) is 0 Å². The molecule has 0 aromatic rings. The molecule has 5 heteroatoms. The molecule has 0 saturated heterocycles. The van der Waals surface area contributed by atoms with Gasteiger partial charge in [0.2, 0.25) is 5.78 Å². The van der Waals surface area contributed by atoms with Gasteiger partial charge in [0.25, 0.3) is 0 Å². The predicted molar refractivity (Wildman–Crippen MR) is 47.9 cm³/mol. The van der Waals surface area contributed by atoms with E-state index in [1.165, 1.54) is 6.20 Å². The molecule has 0 spiro atoms. The van der Waals surface area contributed by atoms with Crippen LogP contribution in [0.3, 0.4) is 0 Å². The van der Waals surface area contributed by atoms with Gasteiger partial charge < -0.3 is 4.90 Å². The maximum absolute atomic E-state index is 11.0. The smallest absolute Gasteiger partial charge is 0.207 e. The number of rotatable bonds is 3. The van der Waals surface area contributed by atoms with Crippen LogP contribution in [0.5, 0.6) is 0 Å². The monoisotopic (exact) mass is 206 g/mol. The minimum absolute atomic E-state index is 0.0463. The molecule has 0 heterocycles. The molecule has 0 aromatic heterocycles. The molecule has 0 unspecified atom stereocenters. The molecule has 0 saturated carbocycles. The Morgan fingerprint density at radius 3 is 2.33 bits per heavy atom. The van der Waals surface area contributed by atoms with Crippen molar-refractivity contribution >= 4 is 29.0 Å². The number of carbonyl (C=O) groups is 1. The zero-order chi connectivity index (χ0) is 9.72. The van der Waals surface area contributed by atoms with Gasteiger partial charge in [0.05, 0.1) is 0 Å². The predicted octanol–water partition coefficient (Wildman–Crippen LogP) is 1.33. The van der Waals surface area contributed by atoms with Crippen LogP contribution in [0.4, 0.5) is 0 Å². The molecule has 0 atom stereocenters. The first-order valence-electron chi connectivity index (χ1n) is 3.09. The molecule has 0 amide bonds. The Kier molecular flexibility index (Phi) is 4.72. The third-order valence-electron chi connectivity index (χ3n) is 0.971. The SMILES string of the molecule is CN(C)C=C(C#N)C(=O)C(Cl)Cl. The first-order valence-corrected chi connectivity index (χ1v) is 3.97. The number of hydrogen-bond donors (Lipinski definition) is 0. The summed E-state index contributed by atoms with van der Waals surface area (Å²) in [4.78, 5) is 11.4. The van der Waals surface area contributed by atoms with Crippen molar-refractivity contribution < 1.29 is 4.79 Å². The van der Waals surface area contributed by atoms with Crippen molar-refractivity contribution in [3.8, 4) is 6.07 Å². The van der Waals surface area contributed by atoms with E-state index in [4.69, 9.17) is 28.5 Å². The second kappa shape index (κ2) is 5.02. The molecule has 0 aliphatic heterocycles. The fourth-order valence-electron chi connectivity index (χ4n) is 0.523. The molecule has 0 aromatic carbocycles. The van der Waals surface area contributed by atoms with Crippen LogP contribution in [0.2, 0.25) is 0 Å². The first kappa shape index (κ1) is 11.3. The van der Waals surface area contributed by atoms with E-state index in [1.807, 2.05) is 0 Å². The lowest BCUT2D eigenvalue weighted by Crippen LogP contribution is -2.13. The summed E-state index contributed by atoms with van der Waals surface area (Å²) in [7, 11) is 3.39. The van der Waals surface area contributed by atoms with Gasteiger partial charge in [0.15, 0.2) is 4.84 Å². The van der Waals surface area contributed by atoms with Crippen LogP contribution in [0.15, 0.2) is 11.8 Å². The van der Waals surface area contributed by atoms with E-state index in [1.54, 1.807) is 25.1 Å². The summed E-state index contributed by atoms with van der Waals surface area (Å²) in [6.07, 6.45) is 1.38. The van der Waals surface area contributed by atoms with E-state index in [-0.39, 0.29) is 5.57 Å². The Hall–Kier alpha value is -0.720. The Balaban J connectivity index is 4.60. The second-order valence-electron chi connectivity index (χ2n) is 2.28. The molecule has 0 rings (SSSR count). The van der Waals surface area contributed by atoms with E-state index in [0.29, 0.717) is 0 Å². The molecule has 3 nitrogen and oxygen atoms in total. The summed E-state index contributed by atoms with van der Waals surface area (Å²) in [5.41, 5.74) is -0.0463. The van der Waals surface area contributed by atoms with Gasteiger partial charge in [-0.2, -0.15) is 5.26 Å². The van der Waals surface area contributed by atoms with Gasteiger partial charge >= 0.3 is 0 Å². The Labute approximate surface area is 81.2 Å². The molecular formula is C7H8Cl2N2O. The van der Waals surface area contributed by atoms with Crippen LogP contribution in [-0.4, -0.2) is 29.6 Å². The average molecular weight is 207 g/mol. The van der Waals surface area contributed by atoms with Crippen molar-refractivity contribution in [3.05, 3.63) is 11.8 Å². The van der Waals surface area contributed by atoms with Crippen molar-refractivity contribution in [1.82, 2.24) is 4.90 Å². The van der Waals surface area contributed by atoms with E-state index < -0.39 is 10.6 Å². The van der Waals surface area contributed by atoms with Crippen molar-refractivity contribution in [1.29, 1.82) is 5.26 Å². The quantitative estimate of drug-likeness (QED) is 0.398. The lowest BCUT2D eigenvalue weighted by molar-refractivity contribution is -0.113.